The first-order valence-electron chi connectivity index (χ1n) is 8.91. The quantitative estimate of drug-likeness (QED) is 0.585. The van der Waals surface area contributed by atoms with Crippen molar-refractivity contribution in [1.29, 1.82) is 0 Å². The van der Waals surface area contributed by atoms with E-state index in [9.17, 15) is 0 Å². The number of nitrogens with zero attached hydrogens (tertiary/aromatic N) is 2. The highest BCUT2D eigenvalue weighted by atomic mass is 35.5. The minimum absolute atomic E-state index is 0. The van der Waals surface area contributed by atoms with Gasteiger partial charge in [-0.2, -0.15) is 4.58 Å². The van der Waals surface area contributed by atoms with E-state index in [1.54, 1.807) is 0 Å². The lowest BCUT2D eigenvalue weighted by Crippen LogP contribution is -3.00. The highest BCUT2D eigenvalue weighted by molar-refractivity contribution is 6.48. The molecule has 0 radical (unpaired) electrons. The van der Waals surface area contributed by atoms with Crippen LogP contribution in [0.25, 0.3) is 11.1 Å². The number of fused-ring (bicyclic) bond motifs is 2. The number of benzene rings is 3. The van der Waals surface area contributed by atoms with Crippen LogP contribution < -0.4 is 12.4 Å². The molecule has 0 saturated heterocycles. The van der Waals surface area contributed by atoms with Gasteiger partial charge in [0, 0.05) is 29.7 Å². The average molecular weight is 371 g/mol. The summed E-state index contributed by atoms with van der Waals surface area (Å²) in [6.07, 6.45) is 0. The molecular formula is C24H19ClN2. The second-order valence-corrected chi connectivity index (χ2v) is 6.76. The van der Waals surface area contributed by atoms with Crippen LogP contribution >= 0.6 is 0 Å². The molecule has 0 bridgehead atoms. The largest absolute Gasteiger partial charge is 1.00 e. The molecule has 0 N–H and O–H groups in total. The number of allylic oxidation sites excluding steroid dienone is 2. The van der Waals surface area contributed by atoms with Gasteiger partial charge in [0.1, 0.15) is 7.05 Å². The van der Waals surface area contributed by atoms with Crippen LogP contribution in [0, 0.1) is 0 Å². The molecule has 2 heterocycles. The molecule has 0 fully saturated rings. The standard InChI is InChI=1S/C24H19N2.ClH/c1-16-22(19-13-7-9-15-21(19)26(16)2)23-18-12-6-8-14-20(18)25-24(23)17-10-4-3-5-11-17;/h3-15H,1-2H3;1H/q+1;/p-1. The molecule has 2 aliphatic heterocycles. The summed E-state index contributed by atoms with van der Waals surface area (Å²) in [7, 11) is 2.14. The Balaban J connectivity index is 0.00000180. The summed E-state index contributed by atoms with van der Waals surface area (Å²) < 4.78 is 2.28. The Morgan fingerprint density at radius 2 is 1.33 bits per heavy atom. The van der Waals surface area contributed by atoms with Gasteiger partial charge >= 0.3 is 0 Å². The Bertz CT molecular complexity index is 1140. The first-order chi connectivity index (χ1) is 12.8. The van der Waals surface area contributed by atoms with Crippen LogP contribution in [0.15, 0.2) is 83.9 Å². The summed E-state index contributed by atoms with van der Waals surface area (Å²) in [5, 5.41) is 0. The van der Waals surface area contributed by atoms with Gasteiger partial charge in [-0.25, -0.2) is 4.99 Å². The van der Waals surface area contributed by atoms with Crippen LogP contribution in [0.4, 0.5) is 11.4 Å². The predicted octanol–water partition coefficient (Wildman–Crippen LogP) is 2.48. The Hall–Kier alpha value is -2.97. The zero-order valence-electron chi connectivity index (χ0n) is 15.3. The Kier molecular flexibility index (Phi) is 4.29. The zero-order chi connectivity index (χ0) is 17.7. The van der Waals surface area contributed by atoms with Crippen LogP contribution in [0.2, 0.25) is 0 Å². The molecule has 5 rings (SSSR count). The Morgan fingerprint density at radius 3 is 2.11 bits per heavy atom. The summed E-state index contributed by atoms with van der Waals surface area (Å²) in [6.45, 7) is 2.20. The van der Waals surface area contributed by atoms with Crippen LogP contribution in [-0.2, 0) is 0 Å². The Labute approximate surface area is 165 Å². The van der Waals surface area contributed by atoms with E-state index in [4.69, 9.17) is 4.99 Å². The fourth-order valence-electron chi connectivity index (χ4n) is 3.98. The molecule has 2 nitrogen and oxygen atoms in total. The number of para-hydroxylation sites is 2. The fraction of sp³-hybridized carbons (Fsp3) is 0.0833. The zero-order valence-corrected chi connectivity index (χ0v) is 16.0. The van der Waals surface area contributed by atoms with Gasteiger partial charge in [0.15, 0.2) is 5.71 Å². The van der Waals surface area contributed by atoms with Crippen LogP contribution in [0.5, 0.6) is 0 Å². The van der Waals surface area contributed by atoms with Gasteiger partial charge in [0.05, 0.1) is 22.5 Å². The SMILES string of the molecule is CC1=[N+](C)c2ccccc2/C1=C1/C(c2ccccc2)=Nc2ccccc21.[Cl-]. The van der Waals surface area contributed by atoms with Gasteiger partial charge < -0.3 is 12.4 Å². The molecular weight excluding hydrogens is 352 g/mol. The molecule has 0 unspecified atom stereocenters. The van der Waals surface area contributed by atoms with E-state index in [0.717, 1.165) is 17.0 Å². The molecule has 0 aromatic heterocycles. The minimum Gasteiger partial charge on any atom is -1.00 e. The van der Waals surface area contributed by atoms with Crippen molar-refractivity contribution in [3.63, 3.8) is 0 Å². The van der Waals surface area contributed by atoms with Gasteiger partial charge in [0.2, 0.25) is 5.69 Å². The van der Waals surface area contributed by atoms with E-state index in [1.165, 1.54) is 33.7 Å². The number of halogens is 1. The lowest BCUT2D eigenvalue weighted by atomic mass is 9.88. The van der Waals surface area contributed by atoms with E-state index in [2.05, 4.69) is 97.4 Å². The fourth-order valence-corrected chi connectivity index (χ4v) is 3.98. The summed E-state index contributed by atoms with van der Waals surface area (Å²) in [6, 6.07) is 27.6. The third-order valence-corrected chi connectivity index (χ3v) is 5.34. The molecule has 27 heavy (non-hydrogen) atoms. The van der Waals surface area contributed by atoms with Crippen molar-refractivity contribution in [2.24, 2.45) is 4.99 Å². The van der Waals surface area contributed by atoms with Gasteiger partial charge in [-0.15, -0.1) is 0 Å². The second kappa shape index (κ2) is 6.64. The van der Waals surface area contributed by atoms with Crippen molar-refractivity contribution in [2.75, 3.05) is 7.05 Å². The van der Waals surface area contributed by atoms with Crippen LogP contribution in [-0.4, -0.2) is 23.0 Å². The van der Waals surface area contributed by atoms with Crippen molar-refractivity contribution in [3.05, 3.63) is 95.6 Å². The van der Waals surface area contributed by atoms with E-state index in [0.29, 0.717) is 0 Å². The predicted molar refractivity (Wildman–Crippen MR) is 109 cm³/mol. The summed E-state index contributed by atoms with van der Waals surface area (Å²) >= 11 is 0. The molecule has 0 spiro atoms. The average Bonchev–Trinajstić information content (AvgIpc) is 3.19. The van der Waals surface area contributed by atoms with Crippen LogP contribution in [0.3, 0.4) is 0 Å². The van der Waals surface area contributed by atoms with Gasteiger partial charge in [-0.3, -0.25) is 0 Å². The van der Waals surface area contributed by atoms with E-state index in [-0.39, 0.29) is 12.4 Å². The van der Waals surface area contributed by atoms with Crippen molar-refractivity contribution >= 4 is 33.9 Å². The van der Waals surface area contributed by atoms with Crippen molar-refractivity contribution in [1.82, 2.24) is 0 Å². The maximum Gasteiger partial charge on any atom is 0.213 e. The molecule has 132 valence electrons. The molecule has 2 aliphatic rings. The van der Waals surface area contributed by atoms with E-state index in [1.807, 2.05) is 0 Å². The number of hydrogen-bond donors (Lipinski definition) is 0. The highest BCUT2D eigenvalue weighted by Crippen LogP contribution is 2.45. The molecule has 0 aliphatic carbocycles. The van der Waals surface area contributed by atoms with Crippen molar-refractivity contribution < 1.29 is 17.0 Å². The monoisotopic (exact) mass is 370 g/mol. The Morgan fingerprint density at radius 1 is 0.704 bits per heavy atom. The summed E-state index contributed by atoms with van der Waals surface area (Å²) in [5.41, 5.74) is 10.8. The first-order valence-corrected chi connectivity index (χ1v) is 8.91. The van der Waals surface area contributed by atoms with E-state index >= 15 is 0 Å². The molecule has 3 aromatic carbocycles. The molecule has 0 atom stereocenters. The van der Waals surface area contributed by atoms with Gasteiger partial charge in [0.25, 0.3) is 0 Å². The normalized spacial score (nSPS) is 17.3. The molecule has 0 amide bonds. The third-order valence-electron chi connectivity index (χ3n) is 5.34. The summed E-state index contributed by atoms with van der Waals surface area (Å²) in [5.74, 6) is 0. The highest BCUT2D eigenvalue weighted by Gasteiger charge is 2.35. The lowest BCUT2D eigenvalue weighted by Gasteiger charge is -2.09. The third kappa shape index (κ3) is 2.56. The van der Waals surface area contributed by atoms with Gasteiger partial charge in [-0.1, -0.05) is 60.7 Å². The number of hydrogen-bond acceptors (Lipinski definition) is 1. The van der Waals surface area contributed by atoms with E-state index < -0.39 is 0 Å². The first kappa shape index (κ1) is 17.4. The number of rotatable bonds is 1. The number of aliphatic imine (C=N–C) groups is 1. The molecule has 3 aromatic rings. The maximum atomic E-state index is 5.01. The summed E-state index contributed by atoms with van der Waals surface area (Å²) in [4.78, 5) is 5.01. The van der Waals surface area contributed by atoms with Crippen LogP contribution in [0.1, 0.15) is 23.6 Å². The van der Waals surface area contributed by atoms with Gasteiger partial charge in [-0.05, 0) is 12.1 Å². The molecule has 3 heteroatoms. The second-order valence-electron chi connectivity index (χ2n) is 6.76. The maximum absolute atomic E-state index is 5.01. The van der Waals surface area contributed by atoms with Crippen molar-refractivity contribution in [3.8, 4) is 0 Å². The lowest BCUT2D eigenvalue weighted by molar-refractivity contribution is -0.401. The molecule has 0 saturated carbocycles. The van der Waals surface area contributed by atoms with Crippen molar-refractivity contribution in [2.45, 2.75) is 6.92 Å². The topological polar surface area (TPSA) is 15.4 Å². The smallest absolute Gasteiger partial charge is 0.213 e. The minimum atomic E-state index is 0.